The molecule has 1 heterocycles. The maximum atomic E-state index is 12.1. The second-order valence-electron chi connectivity index (χ2n) is 4.43. The number of methoxy groups -OCH3 is 1. The van der Waals surface area contributed by atoms with Crippen molar-refractivity contribution in [1.29, 1.82) is 0 Å². The Kier molecular flexibility index (Phi) is 7.01. The number of nitrogens with zero attached hydrogens (tertiary/aromatic N) is 1. The second kappa shape index (κ2) is 9.24. The minimum Gasteiger partial charge on any atom is -0.497 e. The molecule has 0 aliphatic heterocycles. The Morgan fingerprint density at radius 2 is 2.25 bits per heavy atom. The molecule has 128 valence electrons. The van der Waals surface area contributed by atoms with Gasteiger partial charge in [-0.1, -0.05) is 17.8 Å². The number of hydrogen-bond acceptors (Lipinski definition) is 5. The van der Waals surface area contributed by atoms with E-state index < -0.39 is 5.76 Å². The highest BCUT2D eigenvalue weighted by atomic mass is 32.2. The highest BCUT2D eigenvalue weighted by molar-refractivity contribution is 7.98. The third-order valence-electron chi connectivity index (χ3n) is 2.72. The van der Waals surface area contributed by atoms with Crippen molar-refractivity contribution in [1.82, 2.24) is 5.43 Å². The normalized spacial score (nSPS) is 11.0. The van der Waals surface area contributed by atoms with Crippen molar-refractivity contribution in [2.75, 3.05) is 12.4 Å². The van der Waals surface area contributed by atoms with E-state index in [1.807, 2.05) is 18.2 Å². The molecular formula is C15H15F2N3O2S2. The Labute approximate surface area is 147 Å². The van der Waals surface area contributed by atoms with Gasteiger partial charge in [-0.25, -0.2) is 0 Å². The Balaban J connectivity index is 1.81. The lowest BCUT2D eigenvalue weighted by Crippen LogP contribution is -2.23. The van der Waals surface area contributed by atoms with E-state index in [1.165, 1.54) is 6.21 Å². The number of thiocarbonyl (C=S) groups is 1. The molecule has 24 heavy (non-hydrogen) atoms. The van der Waals surface area contributed by atoms with Gasteiger partial charge in [0.25, 0.3) is 5.76 Å². The Morgan fingerprint density at radius 3 is 3.00 bits per heavy atom. The number of nitrogens with one attached hydrogen (secondary N) is 2. The Bertz CT molecular complexity index is 708. The Hall–Kier alpha value is -2.13. The lowest BCUT2D eigenvalue weighted by molar-refractivity contribution is 0.251. The van der Waals surface area contributed by atoms with Crippen LogP contribution in [-0.4, -0.2) is 24.2 Å². The molecule has 0 spiro atoms. The van der Waals surface area contributed by atoms with E-state index in [9.17, 15) is 8.78 Å². The van der Waals surface area contributed by atoms with Crippen LogP contribution in [-0.2, 0) is 5.75 Å². The summed E-state index contributed by atoms with van der Waals surface area (Å²) >= 11 is 5.61. The zero-order valence-corrected chi connectivity index (χ0v) is 14.3. The van der Waals surface area contributed by atoms with Crippen LogP contribution in [0.25, 0.3) is 0 Å². The maximum Gasteiger partial charge on any atom is 0.284 e. The fourth-order valence-corrected chi connectivity index (χ4v) is 2.32. The first-order valence-corrected chi connectivity index (χ1v) is 8.25. The molecule has 5 nitrogen and oxygen atoms in total. The smallest absolute Gasteiger partial charge is 0.284 e. The number of alkyl halides is 2. The summed E-state index contributed by atoms with van der Waals surface area (Å²) in [5.74, 6) is -0.713. The zero-order chi connectivity index (χ0) is 17.4. The number of anilines is 1. The first-order valence-electron chi connectivity index (χ1n) is 6.79. The average Bonchev–Trinajstić information content (AvgIpc) is 3.01. The first kappa shape index (κ1) is 18.2. The van der Waals surface area contributed by atoms with Crippen LogP contribution in [0.15, 0.2) is 45.9 Å². The van der Waals surface area contributed by atoms with Crippen molar-refractivity contribution in [3.05, 3.63) is 47.9 Å². The SMILES string of the molecule is COc1cccc(NC(=S)N/N=C\c2ccc(CSC(F)F)o2)c1. The molecule has 0 saturated heterocycles. The number of ether oxygens (including phenoxy) is 1. The molecule has 0 bridgehead atoms. The minimum absolute atomic E-state index is 0.106. The van der Waals surface area contributed by atoms with Gasteiger partial charge in [0.15, 0.2) is 5.11 Å². The second-order valence-corrected chi connectivity index (χ2v) is 5.82. The topological polar surface area (TPSA) is 58.8 Å². The number of furan rings is 1. The van der Waals surface area contributed by atoms with Gasteiger partial charge in [-0.15, -0.1) is 0 Å². The van der Waals surface area contributed by atoms with Crippen LogP contribution in [0.3, 0.4) is 0 Å². The summed E-state index contributed by atoms with van der Waals surface area (Å²) in [5, 5.41) is 7.17. The fraction of sp³-hybridized carbons (Fsp3) is 0.200. The van der Waals surface area contributed by atoms with Gasteiger partial charge in [-0.3, -0.25) is 5.43 Å². The number of hydrazone groups is 1. The Morgan fingerprint density at radius 1 is 1.42 bits per heavy atom. The van der Waals surface area contributed by atoms with Crippen LogP contribution < -0.4 is 15.5 Å². The molecule has 0 radical (unpaired) electrons. The van der Waals surface area contributed by atoms with Crippen molar-refractivity contribution in [2.24, 2.45) is 5.10 Å². The van der Waals surface area contributed by atoms with Crippen molar-refractivity contribution < 1.29 is 17.9 Å². The lowest BCUT2D eigenvalue weighted by Gasteiger charge is -2.08. The summed E-state index contributed by atoms with van der Waals surface area (Å²) in [6, 6.07) is 10.5. The van der Waals surface area contributed by atoms with Gasteiger partial charge in [-0.2, -0.15) is 13.9 Å². The van der Waals surface area contributed by atoms with E-state index in [4.69, 9.17) is 21.4 Å². The quantitative estimate of drug-likeness (QED) is 0.435. The monoisotopic (exact) mass is 371 g/mol. The van der Waals surface area contributed by atoms with E-state index in [-0.39, 0.29) is 5.75 Å². The van der Waals surface area contributed by atoms with Gasteiger partial charge in [-0.05, 0) is 36.5 Å². The number of halogens is 2. The van der Waals surface area contributed by atoms with Gasteiger partial charge in [0.1, 0.15) is 17.3 Å². The van der Waals surface area contributed by atoms with E-state index in [2.05, 4.69) is 15.8 Å². The number of benzene rings is 1. The highest BCUT2D eigenvalue weighted by Crippen LogP contribution is 2.20. The van der Waals surface area contributed by atoms with Crippen molar-refractivity contribution in [3.8, 4) is 5.75 Å². The average molecular weight is 371 g/mol. The fourth-order valence-electron chi connectivity index (χ4n) is 1.70. The molecule has 0 aliphatic carbocycles. The van der Waals surface area contributed by atoms with E-state index in [0.717, 1.165) is 5.69 Å². The van der Waals surface area contributed by atoms with Crippen molar-refractivity contribution in [2.45, 2.75) is 11.5 Å². The summed E-state index contributed by atoms with van der Waals surface area (Å²) in [6.07, 6.45) is 1.41. The predicted molar refractivity (Wildman–Crippen MR) is 96.0 cm³/mol. The lowest BCUT2D eigenvalue weighted by atomic mass is 10.3. The van der Waals surface area contributed by atoms with E-state index >= 15 is 0 Å². The summed E-state index contributed by atoms with van der Waals surface area (Å²) < 4.78 is 34.7. The van der Waals surface area contributed by atoms with Gasteiger partial charge < -0.3 is 14.5 Å². The molecule has 9 heteroatoms. The van der Waals surface area contributed by atoms with Gasteiger partial charge >= 0.3 is 0 Å². The molecule has 0 amide bonds. The third kappa shape index (κ3) is 6.17. The minimum atomic E-state index is -2.42. The number of thioether (sulfide) groups is 1. The maximum absolute atomic E-state index is 12.1. The number of hydrogen-bond donors (Lipinski definition) is 2. The van der Waals surface area contributed by atoms with E-state index in [0.29, 0.717) is 34.1 Å². The molecule has 0 unspecified atom stereocenters. The summed E-state index contributed by atoms with van der Waals surface area (Å²) in [6.45, 7) is 0. The van der Waals surface area contributed by atoms with Crippen molar-refractivity contribution >= 4 is 41.0 Å². The highest BCUT2D eigenvalue weighted by Gasteiger charge is 2.06. The summed E-state index contributed by atoms with van der Waals surface area (Å²) in [4.78, 5) is 0. The van der Waals surface area contributed by atoms with Gasteiger partial charge in [0, 0.05) is 11.8 Å². The molecule has 0 saturated carbocycles. The molecule has 1 aromatic carbocycles. The van der Waals surface area contributed by atoms with Crippen LogP contribution in [0, 0.1) is 0 Å². The zero-order valence-electron chi connectivity index (χ0n) is 12.7. The summed E-state index contributed by atoms with van der Waals surface area (Å²) in [5.41, 5.74) is 3.40. The number of rotatable bonds is 7. The van der Waals surface area contributed by atoms with Crippen molar-refractivity contribution in [3.63, 3.8) is 0 Å². The third-order valence-corrected chi connectivity index (χ3v) is 3.62. The van der Waals surface area contributed by atoms with Gasteiger partial charge in [0.05, 0.1) is 19.1 Å². The molecule has 0 atom stereocenters. The molecule has 2 aromatic rings. The van der Waals surface area contributed by atoms with E-state index in [1.54, 1.807) is 25.3 Å². The van der Waals surface area contributed by atoms with Crippen LogP contribution in [0.1, 0.15) is 11.5 Å². The molecule has 2 N–H and O–H groups in total. The largest absolute Gasteiger partial charge is 0.497 e. The molecule has 0 fully saturated rings. The molecule has 1 aromatic heterocycles. The molecule has 0 aliphatic rings. The van der Waals surface area contributed by atoms with Crippen LogP contribution in [0.2, 0.25) is 0 Å². The van der Waals surface area contributed by atoms with Crippen LogP contribution in [0.5, 0.6) is 5.75 Å². The molecular weight excluding hydrogens is 356 g/mol. The predicted octanol–water partition coefficient (Wildman–Crippen LogP) is 4.06. The van der Waals surface area contributed by atoms with Crippen LogP contribution in [0.4, 0.5) is 14.5 Å². The molecule has 2 rings (SSSR count). The summed E-state index contributed by atoms with van der Waals surface area (Å²) in [7, 11) is 1.58. The first-order chi connectivity index (χ1) is 11.6. The standard InChI is InChI=1S/C15H15F2N3O2S2/c1-21-11-4-2-3-10(7-11)19-15(23)20-18-8-12-5-6-13(22-12)9-24-14(16)17/h2-8,14H,9H2,1H3,(H2,19,20,23)/b18-8-. The van der Waals surface area contributed by atoms with Gasteiger partial charge in [0.2, 0.25) is 0 Å². The van der Waals surface area contributed by atoms with Crippen LogP contribution >= 0.6 is 24.0 Å².